The second kappa shape index (κ2) is 6.46. The molecule has 1 fully saturated rings. The summed E-state index contributed by atoms with van der Waals surface area (Å²) < 4.78 is 5.58. The van der Waals surface area contributed by atoms with Gasteiger partial charge in [-0.15, -0.1) is 0 Å². The Bertz CT molecular complexity index is 173. The third-order valence-corrected chi connectivity index (χ3v) is 3.31. The third-order valence-electron chi connectivity index (χ3n) is 3.31. The van der Waals surface area contributed by atoms with Gasteiger partial charge >= 0.3 is 0 Å². The van der Waals surface area contributed by atoms with Gasteiger partial charge in [-0.2, -0.15) is 0 Å². The molecule has 1 aliphatic rings. The molecular weight excluding hydrogens is 188 g/mol. The van der Waals surface area contributed by atoms with Crippen molar-refractivity contribution in [3.8, 4) is 0 Å². The monoisotopic (exact) mass is 214 g/mol. The van der Waals surface area contributed by atoms with E-state index in [2.05, 4.69) is 26.2 Å². The zero-order valence-electron chi connectivity index (χ0n) is 10.3. The number of rotatable bonds is 6. The summed E-state index contributed by atoms with van der Waals surface area (Å²) in [6, 6.07) is 0.439. The molecule has 3 atom stereocenters. The summed E-state index contributed by atoms with van der Waals surface area (Å²) in [4.78, 5) is 0. The molecule has 0 saturated carbocycles. The lowest BCUT2D eigenvalue weighted by Gasteiger charge is -2.21. The zero-order chi connectivity index (χ0) is 11.3. The highest BCUT2D eigenvalue weighted by atomic mass is 16.5. The van der Waals surface area contributed by atoms with Gasteiger partial charge in [0.05, 0.1) is 12.7 Å². The molecule has 0 bridgehead atoms. The van der Waals surface area contributed by atoms with Crippen molar-refractivity contribution >= 4 is 0 Å². The summed E-state index contributed by atoms with van der Waals surface area (Å²) in [5.41, 5.74) is 2.96. The first-order valence-corrected chi connectivity index (χ1v) is 6.21. The first-order chi connectivity index (χ1) is 7.13. The predicted octanol–water partition coefficient (Wildman–Crippen LogP) is 2.07. The molecule has 1 rings (SSSR count). The van der Waals surface area contributed by atoms with Crippen LogP contribution in [0.2, 0.25) is 0 Å². The van der Waals surface area contributed by atoms with Crippen molar-refractivity contribution in [1.82, 2.24) is 5.43 Å². The lowest BCUT2D eigenvalue weighted by molar-refractivity contribution is 0.116. The minimum Gasteiger partial charge on any atom is -0.378 e. The van der Waals surface area contributed by atoms with Crippen LogP contribution >= 0.6 is 0 Å². The molecule has 3 unspecified atom stereocenters. The van der Waals surface area contributed by atoms with Crippen molar-refractivity contribution in [3.05, 3.63) is 0 Å². The van der Waals surface area contributed by atoms with Crippen LogP contribution < -0.4 is 11.3 Å². The summed E-state index contributed by atoms with van der Waals surface area (Å²) in [5.74, 6) is 7.01. The minimum atomic E-state index is 0.413. The topological polar surface area (TPSA) is 47.3 Å². The average molecular weight is 214 g/mol. The van der Waals surface area contributed by atoms with E-state index in [0.29, 0.717) is 18.1 Å². The Hall–Kier alpha value is -0.120. The van der Waals surface area contributed by atoms with Crippen LogP contribution in [0, 0.1) is 11.8 Å². The highest BCUT2D eigenvalue weighted by Gasteiger charge is 2.28. The summed E-state index contributed by atoms with van der Waals surface area (Å²) in [7, 11) is 0. The Morgan fingerprint density at radius 2 is 2.13 bits per heavy atom. The van der Waals surface area contributed by atoms with Gasteiger partial charge in [0.2, 0.25) is 0 Å². The van der Waals surface area contributed by atoms with Crippen molar-refractivity contribution in [2.24, 2.45) is 17.7 Å². The second-order valence-corrected chi connectivity index (χ2v) is 5.24. The van der Waals surface area contributed by atoms with E-state index in [0.717, 1.165) is 18.9 Å². The number of hydrogen-bond donors (Lipinski definition) is 2. The Balaban J connectivity index is 2.23. The molecule has 0 radical (unpaired) electrons. The fourth-order valence-corrected chi connectivity index (χ4v) is 2.33. The van der Waals surface area contributed by atoms with Gasteiger partial charge in [-0.1, -0.05) is 26.7 Å². The molecule has 1 heterocycles. The lowest BCUT2D eigenvalue weighted by atomic mass is 9.92. The van der Waals surface area contributed by atoms with Gasteiger partial charge in [0.15, 0.2) is 0 Å². The van der Waals surface area contributed by atoms with E-state index in [4.69, 9.17) is 10.6 Å². The van der Waals surface area contributed by atoms with Gasteiger partial charge in [0.25, 0.3) is 0 Å². The number of hydrazine groups is 1. The number of hydrogen-bond acceptors (Lipinski definition) is 3. The van der Waals surface area contributed by atoms with Crippen molar-refractivity contribution < 1.29 is 4.74 Å². The van der Waals surface area contributed by atoms with Crippen LogP contribution in [-0.2, 0) is 4.74 Å². The highest BCUT2D eigenvalue weighted by Crippen LogP contribution is 2.25. The Morgan fingerprint density at radius 1 is 1.40 bits per heavy atom. The Kier molecular flexibility index (Phi) is 5.58. The van der Waals surface area contributed by atoms with Crippen molar-refractivity contribution in [2.45, 2.75) is 58.6 Å². The van der Waals surface area contributed by atoms with Gasteiger partial charge < -0.3 is 4.74 Å². The molecular formula is C12H26N2O. The quantitative estimate of drug-likeness (QED) is 0.525. The van der Waals surface area contributed by atoms with E-state index >= 15 is 0 Å². The van der Waals surface area contributed by atoms with Crippen LogP contribution in [0.4, 0.5) is 0 Å². The van der Waals surface area contributed by atoms with Crippen LogP contribution in [0.5, 0.6) is 0 Å². The lowest BCUT2D eigenvalue weighted by Crippen LogP contribution is -2.41. The first-order valence-electron chi connectivity index (χ1n) is 6.21. The number of nitrogens with one attached hydrogen (secondary N) is 1. The second-order valence-electron chi connectivity index (χ2n) is 5.24. The molecule has 0 aliphatic carbocycles. The van der Waals surface area contributed by atoms with Crippen LogP contribution in [0.15, 0.2) is 0 Å². The van der Waals surface area contributed by atoms with E-state index in [1.54, 1.807) is 0 Å². The predicted molar refractivity (Wildman–Crippen MR) is 63.3 cm³/mol. The molecule has 3 nitrogen and oxygen atoms in total. The maximum Gasteiger partial charge on any atom is 0.0551 e. The summed E-state index contributed by atoms with van der Waals surface area (Å²) in [6.45, 7) is 7.55. The maximum absolute atomic E-state index is 5.61. The molecule has 0 spiro atoms. The van der Waals surface area contributed by atoms with Crippen LogP contribution in [-0.4, -0.2) is 18.8 Å². The molecule has 0 aromatic heterocycles. The van der Waals surface area contributed by atoms with Crippen LogP contribution in [0.1, 0.15) is 46.5 Å². The third kappa shape index (κ3) is 4.49. The summed E-state index contributed by atoms with van der Waals surface area (Å²) >= 11 is 0. The van der Waals surface area contributed by atoms with Crippen LogP contribution in [0.25, 0.3) is 0 Å². The molecule has 0 aromatic rings. The molecule has 3 N–H and O–H groups in total. The van der Waals surface area contributed by atoms with Gasteiger partial charge in [0.1, 0.15) is 0 Å². The number of ether oxygens (including phenoxy) is 1. The van der Waals surface area contributed by atoms with Crippen molar-refractivity contribution in [1.29, 1.82) is 0 Å². The summed E-state index contributed by atoms with van der Waals surface area (Å²) in [5, 5.41) is 0. The van der Waals surface area contributed by atoms with Crippen LogP contribution in [0.3, 0.4) is 0 Å². The van der Waals surface area contributed by atoms with E-state index < -0.39 is 0 Å². The largest absolute Gasteiger partial charge is 0.378 e. The zero-order valence-corrected chi connectivity index (χ0v) is 10.3. The van der Waals surface area contributed by atoms with Gasteiger partial charge in [-0.25, -0.2) is 0 Å². The smallest absolute Gasteiger partial charge is 0.0551 e. The van der Waals surface area contributed by atoms with E-state index in [1.165, 1.54) is 19.3 Å². The minimum absolute atomic E-state index is 0.413. The Labute approximate surface area is 93.7 Å². The highest BCUT2D eigenvalue weighted by molar-refractivity contribution is 4.80. The molecule has 0 amide bonds. The van der Waals surface area contributed by atoms with Gasteiger partial charge in [0, 0.05) is 12.0 Å². The fourth-order valence-electron chi connectivity index (χ4n) is 2.33. The van der Waals surface area contributed by atoms with E-state index in [9.17, 15) is 0 Å². The average Bonchev–Trinajstić information content (AvgIpc) is 2.59. The normalized spacial score (nSPS) is 28.6. The van der Waals surface area contributed by atoms with Crippen molar-refractivity contribution in [2.75, 3.05) is 6.61 Å². The fraction of sp³-hybridized carbons (Fsp3) is 1.00. The van der Waals surface area contributed by atoms with Crippen molar-refractivity contribution in [3.63, 3.8) is 0 Å². The van der Waals surface area contributed by atoms with Gasteiger partial charge in [-0.05, 0) is 25.7 Å². The molecule has 90 valence electrons. The number of nitrogens with two attached hydrogens (primary N) is 1. The Morgan fingerprint density at radius 3 is 2.60 bits per heavy atom. The van der Waals surface area contributed by atoms with E-state index in [1.807, 2.05) is 0 Å². The molecule has 1 saturated heterocycles. The van der Waals surface area contributed by atoms with E-state index in [-0.39, 0.29) is 0 Å². The molecule has 3 heteroatoms. The first kappa shape index (κ1) is 12.9. The standard InChI is InChI=1S/C12H26N2O/c1-9(2)5-4-6-12(14-13)11-7-10(3)15-8-11/h9-12,14H,4-8,13H2,1-3H3. The molecule has 15 heavy (non-hydrogen) atoms. The SMILES string of the molecule is CC(C)CCCC(NN)C1COC(C)C1. The van der Waals surface area contributed by atoms with Gasteiger partial charge in [-0.3, -0.25) is 11.3 Å². The maximum atomic E-state index is 5.61. The molecule has 0 aromatic carbocycles. The summed E-state index contributed by atoms with van der Waals surface area (Å²) in [6.07, 6.45) is 5.29. The molecule has 1 aliphatic heterocycles.